The zero-order chi connectivity index (χ0) is 14.8. The Labute approximate surface area is 119 Å². The Kier molecular flexibility index (Phi) is 4.39. The molecule has 110 valence electrons. The van der Waals surface area contributed by atoms with Crippen molar-refractivity contribution < 1.29 is 13.2 Å². The van der Waals surface area contributed by atoms with Gasteiger partial charge in [-0.15, -0.1) is 0 Å². The molecule has 2 rings (SSSR count). The molecule has 1 saturated heterocycles. The van der Waals surface area contributed by atoms with Gasteiger partial charge in [-0.25, -0.2) is 9.71 Å². The van der Waals surface area contributed by atoms with Gasteiger partial charge >= 0.3 is 0 Å². The molecule has 1 aliphatic heterocycles. The van der Waals surface area contributed by atoms with E-state index >= 15 is 0 Å². The maximum Gasteiger partial charge on any atom is 0.281 e. The number of aromatic nitrogens is 1. The first-order chi connectivity index (χ1) is 9.42. The lowest BCUT2D eigenvalue weighted by molar-refractivity contribution is -0.124. The topological polar surface area (TPSA) is 79.4 Å². The number of hydrogen-bond donors (Lipinski definition) is 1. The van der Waals surface area contributed by atoms with Crippen molar-refractivity contribution in [1.82, 2.24) is 14.6 Å². The highest BCUT2D eigenvalue weighted by Gasteiger charge is 2.34. The smallest absolute Gasteiger partial charge is 0.281 e. The van der Waals surface area contributed by atoms with E-state index in [1.165, 1.54) is 12.3 Å². The molecular weight excluding hydrogens is 278 g/mol. The lowest BCUT2D eigenvalue weighted by Crippen LogP contribution is -2.47. The third kappa shape index (κ3) is 3.16. The lowest BCUT2D eigenvalue weighted by Gasteiger charge is -2.27. The molecule has 1 fully saturated rings. The summed E-state index contributed by atoms with van der Waals surface area (Å²) in [6.45, 7) is 4.82. The van der Waals surface area contributed by atoms with Crippen LogP contribution in [0.5, 0.6) is 0 Å². The van der Waals surface area contributed by atoms with Crippen molar-refractivity contribution in [3.05, 3.63) is 24.4 Å². The van der Waals surface area contributed by atoms with E-state index in [0.717, 1.165) is 13.0 Å². The van der Waals surface area contributed by atoms with Gasteiger partial charge in [0.1, 0.15) is 0 Å². The largest absolute Gasteiger partial charge is 0.290 e. The van der Waals surface area contributed by atoms with Crippen LogP contribution in [-0.2, 0) is 14.8 Å². The van der Waals surface area contributed by atoms with Crippen LogP contribution in [0.4, 0.5) is 0 Å². The van der Waals surface area contributed by atoms with E-state index in [1.54, 1.807) is 12.1 Å². The van der Waals surface area contributed by atoms with Crippen molar-refractivity contribution in [3.63, 3.8) is 0 Å². The molecule has 1 amide bonds. The molecular formula is C13H19N3O3S. The van der Waals surface area contributed by atoms with Crippen molar-refractivity contribution in [3.8, 4) is 0 Å². The predicted molar refractivity (Wildman–Crippen MR) is 74.4 cm³/mol. The van der Waals surface area contributed by atoms with Gasteiger partial charge < -0.3 is 0 Å². The predicted octanol–water partition coefficient (Wildman–Crippen LogP) is 0.759. The summed E-state index contributed by atoms with van der Waals surface area (Å²) in [5.74, 6) is -0.471. The fraction of sp³-hybridized carbons (Fsp3) is 0.538. The molecule has 7 heteroatoms. The number of pyridine rings is 1. The fourth-order valence-corrected chi connectivity index (χ4v) is 3.41. The van der Waals surface area contributed by atoms with Gasteiger partial charge in [-0.05, 0) is 45.4 Å². The number of nitrogens with zero attached hydrogens (tertiary/aromatic N) is 2. The Morgan fingerprint density at radius 1 is 1.45 bits per heavy atom. The minimum Gasteiger partial charge on any atom is -0.290 e. The van der Waals surface area contributed by atoms with E-state index in [0.29, 0.717) is 6.42 Å². The molecule has 20 heavy (non-hydrogen) atoms. The molecule has 1 aliphatic rings. The van der Waals surface area contributed by atoms with Crippen LogP contribution in [-0.4, -0.2) is 42.8 Å². The molecule has 1 N–H and O–H groups in total. The van der Waals surface area contributed by atoms with Crippen molar-refractivity contribution >= 4 is 15.9 Å². The Hall–Kier alpha value is -1.47. The van der Waals surface area contributed by atoms with E-state index < -0.39 is 15.9 Å². The molecule has 0 radical (unpaired) electrons. The van der Waals surface area contributed by atoms with Gasteiger partial charge in [0.25, 0.3) is 15.9 Å². The molecule has 2 heterocycles. The highest BCUT2D eigenvalue weighted by Crippen LogP contribution is 2.20. The molecule has 1 atom stereocenters. The standard InChI is InChI=1S/C13H19N3O3S/c1-10(2)16-9-5-6-11(16)13(17)15-20(18,19)12-7-3-4-8-14-12/h3-4,7-8,10-11H,5-6,9H2,1-2H3,(H,15,17). The van der Waals surface area contributed by atoms with Gasteiger partial charge in [-0.3, -0.25) is 9.69 Å². The van der Waals surface area contributed by atoms with E-state index in [-0.39, 0.29) is 17.1 Å². The first kappa shape index (κ1) is 14.9. The molecule has 0 saturated carbocycles. The van der Waals surface area contributed by atoms with Crippen LogP contribution in [0.3, 0.4) is 0 Å². The first-order valence-electron chi connectivity index (χ1n) is 6.65. The maximum atomic E-state index is 12.2. The number of rotatable bonds is 4. The second kappa shape index (κ2) is 5.88. The number of hydrogen-bond acceptors (Lipinski definition) is 5. The zero-order valence-electron chi connectivity index (χ0n) is 11.6. The molecule has 1 aromatic rings. The summed E-state index contributed by atoms with van der Waals surface area (Å²) in [7, 11) is -3.88. The SMILES string of the molecule is CC(C)N1CCCC1C(=O)NS(=O)(=O)c1ccccn1. The van der Waals surface area contributed by atoms with Crippen LogP contribution in [0.2, 0.25) is 0 Å². The molecule has 1 unspecified atom stereocenters. The normalized spacial score (nSPS) is 20.2. The second-order valence-electron chi connectivity index (χ2n) is 5.13. The minimum atomic E-state index is -3.88. The number of carbonyl (C=O) groups is 1. The van der Waals surface area contributed by atoms with Gasteiger partial charge in [0.05, 0.1) is 6.04 Å². The van der Waals surface area contributed by atoms with Gasteiger partial charge in [-0.2, -0.15) is 8.42 Å². The zero-order valence-corrected chi connectivity index (χ0v) is 12.4. The number of sulfonamides is 1. The third-order valence-corrected chi connectivity index (χ3v) is 4.67. The molecule has 0 bridgehead atoms. The number of carbonyl (C=O) groups excluding carboxylic acids is 1. The summed E-state index contributed by atoms with van der Waals surface area (Å²) in [5.41, 5.74) is 0. The Morgan fingerprint density at radius 3 is 2.80 bits per heavy atom. The van der Waals surface area contributed by atoms with Crippen LogP contribution in [0.1, 0.15) is 26.7 Å². The van der Waals surface area contributed by atoms with E-state index in [1.807, 2.05) is 18.7 Å². The number of likely N-dealkylation sites (tertiary alicyclic amines) is 1. The maximum absolute atomic E-state index is 12.2. The quantitative estimate of drug-likeness (QED) is 0.887. The summed E-state index contributed by atoms with van der Waals surface area (Å²) < 4.78 is 26.3. The highest BCUT2D eigenvalue weighted by atomic mass is 32.2. The van der Waals surface area contributed by atoms with Crippen molar-refractivity contribution in [2.24, 2.45) is 0 Å². The Bertz CT molecular complexity index is 572. The van der Waals surface area contributed by atoms with E-state index in [9.17, 15) is 13.2 Å². The second-order valence-corrected chi connectivity index (χ2v) is 6.76. The van der Waals surface area contributed by atoms with E-state index in [4.69, 9.17) is 0 Å². The summed E-state index contributed by atoms with van der Waals surface area (Å²) >= 11 is 0. The van der Waals surface area contributed by atoms with Gasteiger partial charge in [-0.1, -0.05) is 6.07 Å². The third-order valence-electron chi connectivity index (χ3n) is 3.41. The highest BCUT2D eigenvalue weighted by molar-refractivity contribution is 7.90. The summed E-state index contributed by atoms with van der Waals surface area (Å²) in [6.07, 6.45) is 2.97. The van der Waals surface area contributed by atoms with Crippen LogP contribution in [0.25, 0.3) is 0 Å². The lowest BCUT2D eigenvalue weighted by atomic mass is 10.2. The van der Waals surface area contributed by atoms with Gasteiger partial charge in [0.2, 0.25) is 0 Å². The number of amides is 1. The summed E-state index contributed by atoms with van der Waals surface area (Å²) in [4.78, 5) is 18.0. The van der Waals surface area contributed by atoms with Crippen molar-refractivity contribution in [2.45, 2.75) is 43.8 Å². The Morgan fingerprint density at radius 2 is 2.20 bits per heavy atom. The summed E-state index contributed by atoms with van der Waals surface area (Å²) in [6, 6.07) is 4.39. The fourth-order valence-electron chi connectivity index (χ4n) is 2.45. The van der Waals surface area contributed by atoms with Crippen LogP contribution >= 0.6 is 0 Å². The van der Waals surface area contributed by atoms with Crippen LogP contribution < -0.4 is 4.72 Å². The number of nitrogens with one attached hydrogen (secondary N) is 1. The molecule has 1 aromatic heterocycles. The molecule has 0 aromatic carbocycles. The molecule has 0 aliphatic carbocycles. The van der Waals surface area contributed by atoms with Crippen molar-refractivity contribution in [1.29, 1.82) is 0 Å². The van der Waals surface area contributed by atoms with E-state index in [2.05, 4.69) is 9.71 Å². The van der Waals surface area contributed by atoms with Gasteiger partial charge in [0.15, 0.2) is 5.03 Å². The van der Waals surface area contributed by atoms with Crippen molar-refractivity contribution in [2.75, 3.05) is 6.54 Å². The molecule has 6 nitrogen and oxygen atoms in total. The summed E-state index contributed by atoms with van der Waals surface area (Å²) in [5, 5.41) is -0.137. The van der Waals surface area contributed by atoms with Crippen LogP contribution in [0.15, 0.2) is 29.4 Å². The minimum absolute atomic E-state index is 0.137. The van der Waals surface area contributed by atoms with Gasteiger partial charge in [0, 0.05) is 12.2 Å². The van der Waals surface area contributed by atoms with Crippen LogP contribution in [0, 0.1) is 0 Å². The Balaban J connectivity index is 2.12. The average molecular weight is 297 g/mol. The monoisotopic (exact) mass is 297 g/mol. The molecule has 0 spiro atoms. The average Bonchev–Trinajstić information content (AvgIpc) is 2.88. The first-order valence-corrected chi connectivity index (χ1v) is 8.13.